The highest BCUT2D eigenvalue weighted by Gasteiger charge is 2.38. The largest absolute Gasteiger partial charge is 0.329 e. The summed E-state index contributed by atoms with van der Waals surface area (Å²) in [6, 6.07) is 11.5. The summed E-state index contributed by atoms with van der Waals surface area (Å²) < 4.78 is 0. The van der Waals surface area contributed by atoms with Gasteiger partial charge in [-0.1, -0.05) is 19.1 Å². The Bertz CT molecular complexity index is 1130. The zero-order chi connectivity index (χ0) is 23.7. The van der Waals surface area contributed by atoms with Crippen LogP contribution in [0.25, 0.3) is 0 Å². The van der Waals surface area contributed by atoms with Crippen LogP contribution < -0.4 is 20.4 Å². The molecule has 8 nitrogen and oxygen atoms in total. The normalized spacial score (nSPS) is 20.8. The predicted molar refractivity (Wildman–Crippen MR) is 126 cm³/mol. The highest BCUT2D eigenvalue weighted by molar-refractivity contribution is 6.21. The number of nitrogens with zero attached hydrogens (tertiary/aromatic N) is 2. The maximum Gasteiger partial charge on any atom is 0.329 e. The van der Waals surface area contributed by atoms with Crippen molar-refractivity contribution in [1.29, 1.82) is 0 Å². The first-order chi connectivity index (χ1) is 15.8. The molecule has 2 aromatic rings. The number of hydrogen-bond acceptors (Lipinski definition) is 4. The SMILES string of the molecule is CCC1NC(=O)N(c2cccc(NC(=O)C3CCC(=O)N(c4ccc(C)c(C)c4)C3)c2)C1=O. The van der Waals surface area contributed by atoms with Crippen LogP contribution in [-0.4, -0.2) is 36.3 Å². The molecule has 2 heterocycles. The minimum absolute atomic E-state index is 0.00772. The molecule has 2 unspecified atom stereocenters. The third kappa shape index (κ3) is 4.46. The third-order valence-electron chi connectivity index (χ3n) is 6.38. The Morgan fingerprint density at radius 2 is 1.85 bits per heavy atom. The number of anilines is 3. The van der Waals surface area contributed by atoms with Crippen LogP contribution in [0.15, 0.2) is 42.5 Å². The Morgan fingerprint density at radius 3 is 2.55 bits per heavy atom. The quantitative estimate of drug-likeness (QED) is 0.684. The Labute approximate surface area is 192 Å². The first-order valence-electron chi connectivity index (χ1n) is 11.2. The van der Waals surface area contributed by atoms with E-state index >= 15 is 0 Å². The third-order valence-corrected chi connectivity index (χ3v) is 6.38. The number of benzene rings is 2. The zero-order valence-electron chi connectivity index (χ0n) is 19.1. The second-order valence-electron chi connectivity index (χ2n) is 8.63. The summed E-state index contributed by atoms with van der Waals surface area (Å²) >= 11 is 0. The van der Waals surface area contributed by atoms with E-state index in [4.69, 9.17) is 0 Å². The van der Waals surface area contributed by atoms with E-state index in [1.165, 1.54) is 0 Å². The van der Waals surface area contributed by atoms with Gasteiger partial charge in [-0.3, -0.25) is 14.4 Å². The summed E-state index contributed by atoms with van der Waals surface area (Å²) in [5.74, 6) is -0.861. The van der Waals surface area contributed by atoms with E-state index in [2.05, 4.69) is 10.6 Å². The molecule has 2 aliphatic heterocycles. The van der Waals surface area contributed by atoms with Crippen molar-refractivity contribution in [2.75, 3.05) is 21.7 Å². The molecule has 0 saturated carbocycles. The molecule has 2 atom stereocenters. The molecule has 2 N–H and O–H groups in total. The number of amides is 5. The van der Waals surface area contributed by atoms with Crippen molar-refractivity contribution in [2.24, 2.45) is 5.92 Å². The molecule has 8 heteroatoms. The van der Waals surface area contributed by atoms with E-state index in [9.17, 15) is 19.2 Å². The molecule has 5 amide bonds. The summed E-state index contributed by atoms with van der Waals surface area (Å²) in [6.45, 7) is 6.15. The minimum Gasteiger partial charge on any atom is -0.326 e. The fourth-order valence-corrected chi connectivity index (χ4v) is 4.22. The van der Waals surface area contributed by atoms with Gasteiger partial charge < -0.3 is 15.5 Å². The van der Waals surface area contributed by atoms with Crippen LogP contribution >= 0.6 is 0 Å². The highest BCUT2D eigenvalue weighted by atomic mass is 16.2. The fourth-order valence-electron chi connectivity index (χ4n) is 4.22. The van der Waals surface area contributed by atoms with Crippen molar-refractivity contribution >= 4 is 40.8 Å². The number of rotatable bonds is 5. The van der Waals surface area contributed by atoms with Gasteiger partial charge in [0.15, 0.2) is 0 Å². The lowest BCUT2D eigenvalue weighted by Gasteiger charge is -2.32. The lowest BCUT2D eigenvalue weighted by atomic mass is 9.95. The monoisotopic (exact) mass is 448 g/mol. The molecule has 0 radical (unpaired) electrons. The lowest BCUT2D eigenvalue weighted by molar-refractivity contribution is -0.124. The lowest BCUT2D eigenvalue weighted by Crippen LogP contribution is -2.44. The van der Waals surface area contributed by atoms with Gasteiger partial charge in [-0.15, -0.1) is 0 Å². The Balaban J connectivity index is 1.48. The van der Waals surface area contributed by atoms with Crippen LogP contribution in [0, 0.1) is 19.8 Å². The van der Waals surface area contributed by atoms with Crippen molar-refractivity contribution in [2.45, 2.75) is 46.1 Å². The van der Waals surface area contributed by atoms with E-state index in [-0.39, 0.29) is 23.6 Å². The van der Waals surface area contributed by atoms with Gasteiger partial charge in [-0.2, -0.15) is 0 Å². The van der Waals surface area contributed by atoms with E-state index < -0.39 is 12.1 Å². The number of aryl methyl sites for hydroxylation is 2. The molecule has 2 saturated heterocycles. The van der Waals surface area contributed by atoms with Gasteiger partial charge in [0.25, 0.3) is 5.91 Å². The molecular weight excluding hydrogens is 420 g/mol. The zero-order valence-corrected chi connectivity index (χ0v) is 19.1. The predicted octanol–water partition coefficient (Wildman–Crippen LogP) is 3.52. The van der Waals surface area contributed by atoms with Gasteiger partial charge in [-0.25, -0.2) is 9.69 Å². The van der Waals surface area contributed by atoms with Crippen molar-refractivity contribution in [3.8, 4) is 0 Å². The summed E-state index contributed by atoms with van der Waals surface area (Å²) in [6.07, 6.45) is 1.28. The molecule has 33 heavy (non-hydrogen) atoms. The van der Waals surface area contributed by atoms with Gasteiger partial charge in [0.05, 0.1) is 11.6 Å². The van der Waals surface area contributed by atoms with Crippen LogP contribution in [0.1, 0.15) is 37.3 Å². The smallest absolute Gasteiger partial charge is 0.326 e. The molecule has 2 fully saturated rings. The number of imide groups is 1. The number of hydrogen-bond donors (Lipinski definition) is 2. The molecule has 0 spiro atoms. The Morgan fingerprint density at radius 1 is 1.06 bits per heavy atom. The summed E-state index contributed by atoms with van der Waals surface area (Å²) in [7, 11) is 0. The van der Waals surface area contributed by atoms with Gasteiger partial charge in [-0.05, 0) is 68.1 Å². The average molecular weight is 449 g/mol. The average Bonchev–Trinajstić information content (AvgIpc) is 3.09. The maximum atomic E-state index is 13.0. The van der Waals surface area contributed by atoms with Gasteiger partial charge in [0, 0.05) is 24.3 Å². The summed E-state index contributed by atoms with van der Waals surface area (Å²) in [5, 5.41) is 5.55. The highest BCUT2D eigenvalue weighted by Crippen LogP contribution is 2.28. The molecule has 2 aromatic carbocycles. The number of piperidine rings is 1. The number of carbonyl (C=O) groups is 4. The second-order valence-corrected chi connectivity index (χ2v) is 8.63. The number of nitrogens with one attached hydrogen (secondary N) is 2. The van der Waals surface area contributed by atoms with E-state index in [0.29, 0.717) is 37.2 Å². The summed E-state index contributed by atoms with van der Waals surface area (Å²) in [4.78, 5) is 53.1. The summed E-state index contributed by atoms with van der Waals surface area (Å²) in [5.41, 5.74) is 3.93. The van der Waals surface area contributed by atoms with Crippen molar-refractivity contribution < 1.29 is 19.2 Å². The van der Waals surface area contributed by atoms with Gasteiger partial charge >= 0.3 is 6.03 Å². The Kier molecular flexibility index (Phi) is 6.18. The molecular formula is C25H28N4O4. The van der Waals surface area contributed by atoms with Gasteiger partial charge in [0.2, 0.25) is 11.8 Å². The maximum absolute atomic E-state index is 13.0. The number of carbonyl (C=O) groups excluding carboxylic acids is 4. The molecule has 2 aliphatic rings. The molecule has 0 bridgehead atoms. The van der Waals surface area contributed by atoms with Crippen LogP contribution in [0.5, 0.6) is 0 Å². The second kappa shape index (κ2) is 9.05. The first-order valence-corrected chi connectivity index (χ1v) is 11.2. The first kappa shape index (κ1) is 22.5. The van der Waals surface area contributed by atoms with Gasteiger partial charge in [0.1, 0.15) is 6.04 Å². The molecule has 172 valence electrons. The Hall–Kier alpha value is -3.68. The number of urea groups is 1. The van der Waals surface area contributed by atoms with Crippen LogP contribution in [0.2, 0.25) is 0 Å². The fraction of sp³-hybridized carbons (Fsp3) is 0.360. The van der Waals surface area contributed by atoms with Crippen LogP contribution in [-0.2, 0) is 14.4 Å². The standard InChI is InChI=1S/C25H28N4O4/c1-4-21-24(32)29(25(33)27-21)20-7-5-6-18(13-20)26-23(31)17-9-11-22(30)28(14-17)19-10-8-15(2)16(3)12-19/h5-8,10,12-13,17,21H,4,9,11,14H2,1-3H3,(H,26,31)(H,27,33). The molecule has 4 rings (SSSR count). The minimum atomic E-state index is -0.535. The van der Waals surface area contributed by atoms with E-state index in [0.717, 1.165) is 21.7 Å². The van der Waals surface area contributed by atoms with E-state index in [1.54, 1.807) is 29.2 Å². The van der Waals surface area contributed by atoms with E-state index in [1.807, 2.05) is 39.0 Å². The molecule has 0 aliphatic carbocycles. The van der Waals surface area contributed by atoms with Crippen molar-refractivity contribution in [1.82, 2.24) is 5.32 Å². The molecule has 0 aromatic heterocycles. The van der Waals surface area contributed by atoms with Crippen molar-refractivity contribution in [3.05, 3.63) is 53.6 Å². The van der Waals surface area contributed by atoms with Crippen LogP contribution in [0.3, 0.4) is 0 Å². The van der Waals surface area contributed by atoms with Crippen molar-refractivity contribution in [3.63, 3.8) is 0 Å². The topological polar surface area (TPSA) is 98.8 Å². The van der Waals surface area contributed by atoms with Crippen LogP contribution in [0.4, 0.5) is 21.9 Å².